The number of nitrogens with zero attached hydrogens (tertiary/aromatic N) is 4. The quantitative estimate of drug-likeness (QED) is 0.845. The van der Waals surface area contributed by atoms with Gasteiger partial charge in [0.25, 0.3) is 0 Å². The van der Waals surface area contributed by atoms with Gasteiger partial charge in [-0.05, 0) is 44.6 Å². The van der Waals surface area contributed by atoms with E-state index in [0.29, 0.717) is 0 Å². The zero-order valence-corrected chi connectivity index (χ0v) is 14.2. The van der Waals surface area contributed by atoms with Crippen LogP contribution in [0.2, 0.25) is 0 Å². The number of hydrogen-bond donors (Lipinski definition) is 0. The molecule has 0 N–H and O–H groups in total. The van der Waals surface area contributed by atoms with Crippen LogP contribution < -0.4 is 4.90 Å². The molecule has 3 fully saturated rings. The fraction of sp³-hybridized carbons (Fsp3) is 0.722. The van der Waals surface area contributed by atoms with E-state index >= 15 is 0 Å². The van der Waals surface area contributed by atoms with Gasteiger partial charge in [-0.15, -0.1) is 0 Å². The maximum Gasteiger partial charge on any atom is 0.234 e. The molecule has 0 aromatic carbocycles. The third kappa shape index (κ3) is 3.05. The summed E-state index contributed by atoms with van der Waals surface area (Å²) in [5.41, 5.74) is 0.639. The highest BCUT2D eigenvalue weighted by Gasteiger charge is 2.49. The lowest BCUT2D eigenvalue weighted by Gasteiger charge is -2.40. The minimum atomic E-state index is -0.195. The molecule has 1 spiro atoms. The lowest BCUT2D eigenvalue weighted by molar-refractivity contribution is -0.128. The second-order valence-corrected chi connectivity index (χ2v) is 7.48. The Balaban J connectivity index is 1.44. The van der Waals surface area contributed by atoms with E-state index in [1.54, 1.807) is 12.4 Å². The molecular formula is C18H26N4O2. The predicted octanol–water partition coefficient (Wildman–Crippen LogP) is 1.72. The van der Waals surface area contributed by atoms with Crippen molar-refractivity contribution in [1.82, 2.24) is 14.9 Å². The molecule has 0 bridgehead atoms. The molecule has 6 nitrogen and oxygen atoms in total. The van der Waals surface area contributed by atoms with Gasteiger partial charge < -0.3 is 14.5 Å². The van der Waals surface area contributed by atoms with Crippen LogP contribution in [0.5, 0.6) is 0 Å². The van der Waals surface area contributed by atoms with E-state index < -0.39 is 0 Å². The van der Waals surface area contributed by atoms with Gasteiger partial charge in [0.05, 0.1) is 23.5 Å². The lowest BCUT2D eigenvalue weighted by Crippen LogP contribution is -2.49. The van der Waals surface area contributed by atoms with Crippen molar-refractivity contribution in [3.63, 3.8) is 0 Å². The number of carbonyl (C=O) groups is 1. The molecular weight excluding hydrogens is 304 g/mol. The average molecular weight is 330 g/mol. The Morgan fingerprint density at radius 1 is 1.17 bits per heavy atom. The summed E-state index contributed by atoms with van der Waals surface area (Å²) >= 11 is 0. The van der Waals surface area contributed by atoms with Crippen molar-refractivity contribution in [2.45, 2.75) is 32.1 Å². The van der Waals surface area contributed by atoms with E-state index in [0.717, 1.165) is 83.1 Å². The van der Waals surface area contributed by atoms with E-state index in [2.05, 4.69) is 14.9 Å². The number of anilines is 1. The summed E-state index contributed by atoms with van der Waals surface area (Å²) in [6.07, 6.45) is 10.4. The molecule has 1 amide bonds. The maximum absolute atomic E-state index is 13.1. The molecule has 24 heavy (non-hydrogen) atoms. The molecule has 0 unspecified atom stereocenters. The minimum Gasteiger partial charge on any atom is -0.381 e. The number of piperidine rings is 1. The normalized spacial score (nSPS) is 29.5. The zero-order valence-electron chi connectivity index (χ0n) is 14.2. The largest absolute Gasteiger partial charge is 0.381 e. The van der Waals surface area contributed by atoms with Gasteiger partial charge in [0.15, 0.2) is 0 Å². The zero-order chi connectivity index (χ0) is 16.4. The number of hydrogen-bond acceptors (Lipinski definition) is 5. The summed E-state index contributed by atoms with van der Waals surface area (Å²) in [5.74, 6) is 0.998. The van der Waals surface area contributed by atoms with Crippen LogP contribution in [0.25, 0.3) is 0 Å². The highest BCUT2D eigenvalue weighted by atomic mass is 16.5. The van der Waals surface area contributed by atoms with Gasteiger partial charge in [-0.1, -0.05) is 0 Å². The first-order valence-electron chi connectivity index (χ1n) is 9.14. The highest BCUT2D eigenvalue weighted by molar-refractivity contribution is 5.99. The SMILES string of the molecule is O=C1N(c2cncnc2)CC[C@]12CCCN(CC1CCOCC1)C2. The molecule has 3 aliphatic heterocycles. The molecule has 6 heteroatoms. The average Bonchev–Trinajstić information content (AvgIpc) is 2.93. The molecule has 1 aromatic heterocycles. The van der Waals surface area contributed by atoms with Crippen LogP contribution in [0, 0.1) is 11.3 Å². The van der Waals surface area contributed by atoms with Crippen LogP contribution in [-0.4, -0.2) is 60.2 Å². The molecule has 0 aliphatic carbocycles. The molecule has 3 aliphatic rings. The van der Waals surface area contributed by atoms with Crippen molar-refractivity contribution in [2.24, 2.45) is 11.3 Å². The van der Waals surface area contributed by atoms with Gasteiger partial charge in [-0.2, -0.15) is 0 Å². The Labute approximate surface area is 143 Å². The third-order valence-electron chi connectivity index (χ3n) is 5.88. The van der Waals surface area contributed by atoms with Crippen LogP contribution >= 0.6 is 0 Å². The lowest BCUT2D eigenvalue weighted by atomic mass is 9.78. The second-order valence-electron chi connectivity index (χ2n) is 7.48. The van der Waals surface area contributed by atoms with E-state index in [1.165, 1.54) is 6.33 Å². The monoisotopic (exact) mass is 330 g/mol. The van der Waals surface area contributed by atoms with Gasteiger partial charge in [-0.25, -0.2) is 9.97 Å². The number of likely N-dealkylation sites (tertiary alicyclic amines) is 1. The smallest absolute Gasteiger partial charge is 0.234 e. The molecule has 0 radical (unpaired) electrons. The van der Waals surface area contributed by atoms with Crippen molar-refractivity contribution in [3.05, 3.63) is 18.7 Å². The van der Waals surface area contributed by atoms with E-state index in [4.69, 9.17) is 4.74 Å². The van der Waals surface area contributed by atoms with Crippen LogP contribution in [0.3, 0.4) is 0 Å². The molecule has 1 atom stereocenters. The summed E-state index contributed by atoms with van der Waals surface area (Å²) in [5, 5.41) is 0. The first-order chi connectivity index (χ1) is 11.8. The van der Waals surface area contributed by atoms with Gasteiger partial charge >= 0.3 is 0 Å². The molecule has 130 valence electrons. The topological polar surface area (TPSA) is 58.6 Å². The van der Waals surface area contributed by atoms with E-state index in [9.17, 15) is 4.79 Å². The Morgan fingerprint density at radius 3 is 2.75 bits per heavy atom. The Bertz CT molecular complexity index is 576. The number of amides is 1. The Kier molecular flexibility index (Phi) is 4.50. The predicted molar refractivity (Wildman–Crippen MR) is 90.7 cm³/mol. The number of rotatable bonds is 3. The number of aromatic nitrogens is 2. The van der Waals surface area contributed by atoms with Crippen molar-refractivity contribution >= 4 is 11.6 Å². The summed E-state index contributed by atoms with van der Waals surface area (Å²) in [4.78, 5) is 25.7. The summed E-state index contributed by atoms with van der Waals surface area (Å²) in [7, 11) is 0. The van der Waals surface area contributed by atoms with Crippen molar-refractivity contribution in [2.75, 3.05) is 44.3 Å². The fourth-order valence-corrected chi connectivity index (χ4v) is 4.55. The van der Waals surface area contributed by atoms with Gasteiger partial charge in [-0.3, -0.25) is 4.79 Å². The van der Waals surface area contributed by atoms with Gasteiger partial charge in [0.1, 0.15) is 6.33 Å². The first-order valence-corrected chi connectivity index (χ1v) is 9.14. The number of carbonyl (C=O) groups excluding carboxylic acids is 1. The van der Waals surface area contributed by atoms with Crippen molar-refractivity contribution < 1.29 is 9.53 Å². The Morgan fingerprint density at radius 2 is 1.96 bits per heavy atom. The van der Waals surface area contributed by atoms with Crippen LogP contribution in [0.4, 0.5) is 5.69 Å². The standard InChI is InChI=1S/C18H26N4O2/c23-17-18(5-7-22(17)16-10-19-14-20-11-16)4-1-6-21(13-18)12-15-2-8-24-9-3-15/h10-11,14-15H,1-9,12-13H2/t18-/m0/s1. The summed E-state index contributed by atoms with van der Waals surface area (Å²) in [6.45, 7) is 5.73. The first kappa shape index (κ1) is 16.0. The molecule has 4 rings (SSSR count). The molecule has 1 aromatic rings. The van der Waals surface area contributed by atoms with E-state index in [-0.39, 0.29) is 11.3 Å². The van der Waals surface area contributed by atoms with E-state index in [1.807, 2.05) is 4.90 Å². The molecule has 4 heterocycles. The van der Waals surface area contributed by atoms with Crippen LogP contribution in [-0.2, 0) is 9.53 Å². The van der Waals surface area contributed by atoms with Gasteiger partial charge in [0, 0.05) is 32.8 Å². The fourth-order valence-electron chi connectivity index (χ4n) is 4.55. The van der Waals surface area contributed by atoms with Crippen LogP contribution in [0.15, 0.2) is 18.7 Å². The molecule has 3 saturated heterocycles. The highest BCUT2D eigenvalue weighted by Crippen LogP contribution is 2.41. The second kappa shape index (κ2) is 6.76. The van der Waals surface area contributed by atoms with Gasteiger partial charge in [0.2, 0.25) is 5.91 Å². The summed E-state index contributed by atoms with van der Waals surface area (Å²) in [6, 6.07) is 0. The maximum atomic E-state index is 13.1. The molecule has 0 saturated carbocycles. The Hall–Kier alpha value is -1.53. The van der Waals surface area contributed by atoms with Crippen LogP contribution in [0.1, 0.15) is 32.1 Å². The van der Waals surface area contributed by atoms with Crippen molar-refractivity contribution in [1.29, 1.82) is 0 Å². The number of ether oxygens (including phenoxy) is 1. The third-order valence-corrected chi connectivity index (χ3v) is 5.88. The summed E-state index contributed by atoms with van der Waals surface area (Å²) < 4.78 is 5.47. The minimum absolute atomic E-state index is 0.195. The van der Waals surface area contributed by atoms with Crippen molar-refractivity contribution in [3.8, 4) is 0 Å².